The van der Waals surface area contributed by atoms with Gasteiger partial charge < -0.3 is 19.1 Å². The highest BCUT2D eigenvalue weighted by atomic mass is 35.5. The van der Waals surface area contributed by atoms with Gasteiger partial charge in [-0.05, 0) is 37.3 Å². The first-order valence-electron chi connectivity index (χ1n) is 8.76. The van der Waals surface area contributed by atoms with Gasteiger partial charge in [0.25, 0.3) is 0 Å². The van der Waals surface area contributed by atoms with E-state index in [0.717, 1.165) is 12.1 Å². The van der Waals surface area contributed by atoms with E-state index >= 15 is 0 Å². The third-order valence-electron chi connectivity index (χ3n) is 4.30. The number of halogens is 4. The number of pyridine rings is 2. The Hall–Kier alpha value is -2.69. The smallest absolute Gasteiger partial charge is 0.406 e. The SMILES string of the molecule is Cc1c(Cl)c(=O)c(-c2ccc(-c3ccc(OC(F)(F)F)cc3)nc2)cn1COP(=O)(O)O. The van der Waals surface area contributed by atoms with Crippen LogP contribution in [0.4, 0.5) is 13.2 Å². The van der Waals surface area contributed by atoms with Gasteiger partial charge in [0.2, 0.25) is 5.43 Å². The van der Waals surface area contributed by atoms with E-state index in [1.165, 1.54) is 36.0 Å². The molecular weight excluding hydrogens is 476 g/mol. The number of nitrogens with zero attached hydrogens (tertiary/aromatic N) is 2. The van der Waals surface area contributed by atoms with E-state index in [1.54, 1.807) is 12.1 Å². The first kappa shape index (κ1) is 24.0. The summed E-state index contributed by atoms with van der Waals surface area (Å²) < 4.78 is 57.4. The van der Waals surface area contributed by atoms with Crippen molar-refractivity contribution >= 4 is 19.4 Å². The maximum atomic E-state index is 12.6. The molecule has 3 aromatic rings. The Balaban J connectivity index is 1.89. The second kappa shape index (κ2) is 9.05. The molecule has 0 radical (unpaired) electrons. The number of benzene rings is 1. The lowest BCUT2D eigenvalue weighted by atomic mass is 10.1. The molecule has 13 heteroatoms. The lowest BCUT2D eigenvalue weighted by Crippen LogP contribution is -2.16. The summed E-state index contributed by atoms with van der Waals surface area (Å²) in [6.45, 7) is 0.949. The summed E-state index contributed by atoms with van der Waals surface area (Å²) in [6, 6.07) is 8.21. The van der Waals surface area contributed by atoms with Crippen LogP contribution in [-0.2, 0) is 15.8 Å². The van der Waals surface area contributed by atoms with Crippen molar-refractivity contribution in [1.29, 1.82) is 0 Å². The molecule has 0 bridgehead atoms. The molecule has 170 valence electrons. The van der Waals surface area contributed by atoms with Crippen molar-refractivity contribution in [3.8, 4) is 28.1 Å². The second-order valence-electron chi connectivity index (χ2n) is 6.49. The van der Waals surface area contributed by atoms with Crippen LogP contribution in [0.1, 0.15) is 5.69 Å². The number of phosphoric ester groups is 1. The quantitative estimate of drug-likeness (QED) is 0.489. The maximum Gasteiger partial charge on any atom is 0.573 e. The molecule has 0 aliphatic carbocycles. The predicted octanol–water partition coefficient (Wildman–Crippen LogP) is 4.50. The van der Waals surface area contributed by atoms with Crippen molar-refractivity contribution in [2.24, 2.45) is 0 Å². The van der Waals surface area contributed by atoms with Gasteiger partial charge in [-0.2, -0.15) is 0 Å². The molecule has 0 spiro atoms. The summed E-state index contributed by atoms with van der Waals surface area (Å²) in [5, 5.41) is -0.152. The zero-order valence-electron chi connectivity index (χ0n) is 16.2. The van der Waals surface area contributed by atoms with Gasteiger partial charge in [-0.15, -0.1) is 13.2 Å². The number of alkyl halides is 3. The van der Waals surface area contributed by atoms with E-state index < -0.39 is 26.3 Å². The molecule has 0 fully saturated rings. The summed E-state index contributed by atoms with van der Waals surface area (Å²) in [5.41, 5.74) is 1.15. The van der Waals surface area contributed by atoms with E-state index in [0.29, 0.717) is 16.8 Å². The molecule has 0 amide bonds. The average Bonchev–Trinajstić information content (AvgIpc) is 2.70. The number of aromatic nitrogens is 2. The fourth-order valence-electron chi connectivity index (χ4n) is 2.75. The van der Waals surface area contributed by atoms with Gasteiger partial charge in [-0.3, -0.25) is 14.3 Å². The molecular formula is C19H15ClF3N2O6P. The minimum absolute atomic E-state index is 0.114. The van der Waals surface area contributed by atoms with Crippen LogP contribution in [-0.4, -0.2) is 25.7 Å². The molecule has 2 N–H and O–H groups in total. The van der Waals surface area contributed by atoms with E-state index in [-0.39, 0.29) is 22.0 Å². The lowest BCUT2D eigenvalue weighted by molar-refractivity contribution is -0.274. The third-order valence-corrected chi connectivity index (χ3v) is 5.20. The van der Waals surface area contributed by atoms with Crippen LogP contribution < -0.4 is 10.2 Å². The molecule has 0 atom stereocenters. The van der Waals surface area contributed by atoms with Crippen LogP contribution in [0.25, 0.3) is 22.4 Å². The molecule has 32 heavy (non-hydrogen) atoms. The Morgan fingerprint density at radius 2 is 1.75 bits per heavy atom. The van der Waals surface area contributed by atoms with Crippen LogP contribution >= 0.6 is 19.4 Å². The van der Waals surface area contributed by atoms with Crippen LogP contribution in [0.2, 0.25) is 5.02 Å². The van der Waals surface area contributed by atoms with Gasteiger partial charge in [-0.1, -0.05) is 17.7 Å². The molecule has 0 aliphatic rings. The Morgan fingerprint density at radius 1 is 1.12 bits per heavy atom. The molecule has 1 aromatic carbocycles. The summed E-state index contributed by atoms with van der Waals surface area (Å²) in [4.78, 5) is 34.6. The summed E-state index contributed by atoms with van der Waals surface area (Å²) in [5.74, 6) is -0.370. The van der Waals surface area contributed by atoms with Gasteiger partial charge in [0.1, 0.15) is 17.5 Å². The number of hydrogen-bond acceptors (Lipinski definition) is 5. The predicted molar refractivity (Wildman–Crippen MR) is 109 cm³/mol. The Bertz CT molecular complexity index is 1220. The summed E-state index contributed by atoms with van der Waals surface area (Å²) in [6.07, 6.45) is -2.09. The molecule has 2 heterocycles. The molecule has 0 saturated carbocycles. The summed E-state index contributed by atoms with van der Waals surface area (Å²) >= 11 is 6.08. The molecule has 2 aromatic heterocycles. The zero-order chi connectivity index (χ0) is 23.7. The number of rotatable bonds is 6. The Morgan fingerprint density at radius 3 is 2.28 bits per heavy atom. The fourth-order valence-corrected chi connectivity index (χ4v) is 3.23. The summed E-state index contributed by atoms with van der Waals surface area (Å²) in [7, 11) is -4.75. The molecule has 0 saturated heterocycles. The highest BCUT2D eigenvalue weighted by Gasteiger charge is 2.31. The number of phosphoric acid groups is 1. The van der Waals surface area contributed by atoms with E-state index in [4.69, 9.17) is 21.4 Å². The van der Waals surface area contributed by atoms with Crippen LogP contribution in [0.5, 0.6) is 5.75 Å². The van der Waals surface area contributed by atoms with Gasteiger partial charge in [0.15, 0.2) is 0 Å². The fraction of sp³-hybridized carbons (Fsp3) is 0.158. The van der Waals surface area contributed by atoms with Crippen molar-refractivity contribution in [1.82, 2.24) is 9.55 Å². The maximum absolute atomic E-state index is 12.6. The minimum atomic E-state index is -4.79. The molecule has 8 nitrogen and oxygen atoms in total. The van der Waals surface area contributed by atoms with E-state index in [2.05, 4.69) is 14.2 Å². The molecule has 3 rings (SSSR count). The van der Waals surface area contributed by atoms with Crippen LogP contribution in [0.3, 0.4) is 0 Å². The normalized spacial score (nSPS) is 12.1. The third kappa shape index (κ3) is 5.96. The lowest BCUT2D eigenvalue weighted by Gasteiger charge is -2.15. The number of ether oxygens (including phenoxy) is 1. The number of hydrogen-bond donors (Lipinski definition) is 2. The zero-order valence-corrected chi connectivity index (χ0v) is 17.9. The van der Waals surface area contributed by atoms with Crippen molar-refractivity contribution in [3.63, 3.8) is 0 Å². The molecule has 0 unspecified atom stereocenters. The highest BCUT2D eigenvalue weighted by Crippen LogP contribution is 2.36. The van der Waals surface area contributed by atoms with E-state index in [1.807, 2.05) is 0 Å². The standard InChI is InChI=1S/C19H15ClF3N2O6P/c1-11-17(20)18(26)15(9-25(11)10-30-32(27,28)29)13-4-7-16(24-8-13)12-2-5-14(6-3-12)31-19(21,22)23/h2-9H,10H2,1H3,(H2,27,28,29). The Kier molecular flexibility index (Phi) is 6.77. The van der Waals surface area contributed by atoms with Crippen molar-refractivity contribution < 1.29 is 36.8 Å². The van der Waals surface area contributed by atoms with Crippen LogP contribution in [0.15, 0.2) is 53.6 Å². The Labute approximate surface area is 184 Å². The monoisotopic (exact) mass is 490 g/mol. The first-order chi connectivity index (χ1) is 14.8. The second-order valence-corrected chi connectivity index (χ2v) is 8.11. The topological polar surface area (TPSA) is 111 Å². The largest absolute Gasteiger partial charge is 0.573 e. The molecule has 0 aliphatic heterocycles. The van der Waals surface area contributed by atoms with Gasteiger partial charge in [0.05, 0.1) is 5.69 Å². The van der Waals surface area contributed by atoms with Gasteiger partial charge in [0, 0.05) is 34.8 Å². The average molecular weight is 491 g/mol. The van der Waals surface area contributed by atoms with Crippen molar-refractivity contribution in [3.05, 3.63) is 69.7 Å². The van der Waals surface area contributed by atoms with Crippen molar-refractivity contribution in [2.75, 3.05) is 0 Å². The van der Waals surface area contributed by atoms with E-state index in [9.17, 15) is 22.5 Å². The van der Waals surface area contributed by atoms with Gasteiger partial charge in [-0.25, -0.2) is 4.57 Å². The highest BCUT2D eigenvalue weighted by molar-refractivity contribution is 7.46. The first-order valence-corrected chi connectivity index (χ1v) is 10.7. The minimum Gasteiger partial charge on any atom is -0.406 e. The van der Waals surface area contributed by atoms with Crippen molar-refractivity contribution in [2.45, 2.75) is 20.0 Å². The van der Waals surface area contributed by atoms with Crippen LogP contribution in [0, 0.1) is 6.92 Å². The van der Waals surface area contributed by atoms with Gasteiger partial charge >= 0.3 is 14.2 Å².